The predicted octanol–water partition coefficient (Wildman–Crippen LogP) is 4.23. The van der Waals surface area contributed by atoms with Gasteiger partial charge in [0.1, 0.15) is 5.75 Å². The Bertz CT molecular complexity index is 623. The van der Waals surface area contributed by atoms with Crippen LogP contribution in [-0.2, 0) is 11.2 Å². The average Bonchev–Trinajstić information content (AvgIpc) is 2.47. The van der Waals surface area contributed by atoms with Crippen molar-refractivity contribution in [2.45, 2.75) is 19.8 Å². The van der Waals surface area contributed by atoms with Crippen molar-refractivity contribution in [2.75, 3.05) is 12.4 Å². The SMILES string of the molecule is COc1ccc(Cl)cc1NC(=O)CCc1ccc(C)cc1. The summed E-state index contributed by atoms with van der Waals surface area (Å²) < 4.78 is 5.20. The second-order valence-corrected chi connectivity index (χ2v) is 5.31. The Balaban J connectivity index is 1.95. The highest BCUT2D eigenvalue weighted by atomic mass is 35.5. The molecule has 0 bridgehead atoms. The quantitative estimate of drug-likeness (QED) is 0.897. The summed E-state index contributed by atoms with van der Waals surface area (Å²) in [6.07, 6.45) is 1.12. The van der Waals surface area contributed by atoms with E-state index >= 15 is 0 Å². The van der Waals surface area contributed by atoms with Crippen molar-refractivity contribution in [3.8, 4) is 5.75 Å². The van der Waals surface area contributed by atoms with Crippen LogP contribution in [-0.4, -0.2) is 13.0 Å². The van der Waals surface area contributed by atoms with Crippen LogP contribution in [0.4, 0.5) is 5.69 Å². The van der Waals surface area contributed by atoms with E-state index in [0.717, 1.165) is 5.56 Å². The molecule has 3 nitrogen and oxygen atoms in total. The van der Waals surface area contributed by atoms with Gasteiger partial charge in [-0.2, -0.15) is 0 Å². The Kier molecular flexibility index (Phi) is 5.23. The molecule has 110 valence electrons. The maximum atomic E-state index is 12.0. The first-order valence-corrected chi connectivity index (χ1v) is 7.15. The molecule has 0 aliphatic rings. The third-order valence-electron chi connectivity index (χ3n) is 3.20. The Morgan fingerprint density at radius 3 is 2.57 bits per heavy atom. The maximum Gasteiger partial charge on any atom is 0.224 e. The van der Waals surface area contributed by atoms with Crippen molar-refractivity contribution in [2.24, 2.45) is 0 Å². The smallest absolute Gasteiger partial charge is 0.224 e. The Hall–Kier alpha value is -2.00. The van der Waals surface area contributed by atoms with Gasteiger partial charge in [-0.25, -0.2) is 0 Å². The van der Waals surface area contributed by atoms with Gasteiger partial charge in [-0.15, -0.1) is 0 Å². The van der Waals surface area contributed by atoms with Gasteiger partial charge in [0.15, 0.2) is 0 Å². The van der Waals surface area contributed by atoms with Gasteiger partial charge in [0.25, 0.3) is 0 Å². The van der Waals surface area contributed by atoms with Crippen LogP contribution in [0.3, 0.4) is 0 Å². The number of hydrogen-bond donors (Lipinski definition) is 1. The number of halogens is 1. The largest absolute Gasteiger partial charge is 0.495 e. The van der Waals surface area contributed by atoms with E-state index in [1.807, 2.05) is 31.2 Å². The fourth-order valence-electron chi connectivity index (χ4n) is 2.00. The number of rotatable bonds is 5. The van der Waals surface area contributed by atoms with Gasteiger partial charge in [0.05, 0.1) is 12.8 Å². The van der Waals surface area contributed by atoms with Crippen LogP contribution in [0.1, 0.15) is 17.5 Å². The second kappa shape index (κ2) is 7.14. The molecule has 1 N–H and O–H groups in total. The zero-order valence-corrected chi connectivity index (χ0v) is 12.9. The lowest BCUT2D eigenvalue weighted by Gasteiger charge is -2.10. The van der Waals surface area contributed by atoms with Gasteiger partial charge in [-0.3, -0.25) is 4.79 Å². The molecule has 0 saturated carbocycles. The Morgan fingerprint density at radius 1 is 1.19 bits per heavy atom. The molecule has 0 aliphatic heterocycles. The summed E-state index contributed by atoms with van der Waals surface area (Å²) in [5.41, 5.74) is 2.96. The van der Waals surface area contributed by atoms with Crippen molar-refractivity contribution >= 4 is 23.2 Å². The van der Waals surface area contributed by atoms with Crippen molar-refractivity contribution in [3.63, 3.8) is 0 Å². The maximum absolute atomic E-state index is 12.0. The number of amides is 1. The summed E-state index contributed by atoms with van der Waals surface area (Å²) in [6.45, 7) is 2.04. The highest BCUT2D eigenvalue weighted by Gasteiger charge is 2.08. The highest BCUT2D eigenvalue weighted by molar-refractivity contribution is 6.31. The zero-order valence-electron chi connectivity index (χ0n) is 12.2. The topological polar surface area (TPSA) is 38.3 Å². The number of nitrogens with one attached hydrogen (secondary N) is 1. The molecule has 0 saturated heterocycles. The Labute approximate surface area is 129 Å². The zero-order chi connectivity index (χ0) is 15.2. The van der Waals surface area contributed by atoms with Crippen molar-refractivity contribution in [3.05, 3.63) is 58.6 Å². The third kappa shape index (κ3) is 4.50. The summed E-state index contributed by atoms with van der Waals surface area (Å²) in [5.74, 6) is 0.541. The van der Waals surface area contributed by atoms with Crippen molar-refractivity contribution < 1.29 is 9.53 Å². The van der Waals surface area contributed by atoms with E-state index in [4.69, 9.17) is 16.3 Å². The number of aryl methyl sites for hydroxylation is 2. The lowest BCUT2D eigenvalue weighted by Crippen LogP contribution is -2.13. The first kappa shape index (κ1) is 15.4. The van der Waals surface area contributed by atoms with E-state index in [2.05, 4.69) is 5.32 Å². The van der Waals surface area contributed by atoms with E-state index in [1.54, 1.807) is 25.3 Å². The fraction of sp³-hybridized carbons (Fsp3) is 0.235. The van der Waals surface area contributed by atoms with E-state index in [1.165, 1.54) is 5.56 Å². The molecule has 0 aliphatic carbocycles. The van der Waals surface area contributed by atoms with Gasteiger partial charge in [0.2, 0.25) is 5.91 Å². The minimum atomic E-state index is -0.0591. The van der Waals surface area contributed by atoms with Crippen LogP contribution < -0.4 is 10.1 Å². The number of methoxy groups -OCH3 is 1. The summed E-state index contributed by atoms with van der Waals surface area (Å²) in [5, 5.41) is 3.40. The molecule has 0 atom stereocenters. The first-order chi connectivity index (χ1) is 10.1. The predicted molar refractivity (Wildman–Crippen MR) is 86.1 cm³/mol. The van der Waals surface area contributed by atoms with Crippen LogP contribution in [0, 0.1) is 6.92 Å². The number of ether oxygens (including phenoxy) is 1. The molecule has 2 aromatic rings. The van der Waals surface area contributed by atoms with Gasteiger partial charge < -0.3 is 10.1 Å². The van der Waals surface area contributed by atoms with Crippen molar-refractivity contribution in [1.82, 2.24) is 0 Å². The molecule has 0 aromatic heterocycles. The standard InChI is InChI=1S/C17H18ClNO2/c1-12-3-5-13(6-4-12)7-10-17(20)19-15-11-14(18)8-9-16(15)21-2/h3-6,8-9,11H,7,10H2,1-2H3,(H,19,20). The lowest BCUT2D eigenvalue weighted by atomic mass is 10.1. The molecular weight excluding hydrogens is 286 g/mol. The Morgan fingerprint density at radius 2 is 1.90 bits per heavy atom. The summed E-state index contributed by atoms with van der Waals surface area (Å²) in [6, 6.07) is 13.3. The fourth-order valence-corrected chi connectivity index (χ4v) is 2.18. The van der Waals surface area contributed by atoms with Gasteiger partial charge in [0, 0.05) is 11.4 Å². The number of carbonyl (C=O) groups is 1. The second-order valence-electron chi connectivity index (χ2n) is 4.88. The highest BCUT2D eigenvalue weighted by Crippen LogP contribution is 2.27. The number of anilines is 1. The molecule has 2 rings (SSSR count). The molecular formula is C17H18ClNO2. The van der Waals surface area contributed by atoms with Crippen LogP contribution in [0.5, 0.6) is 5.75 Å². The van der Waals surface area contributed by atoms with Crippen LogP contribution in [0.15, 0.2) is 42.5 Å². The number of carbonyl (C=O) groups excluding carboxylic acids is 1. The van der Waals surface area contributed by atoms with Crippen LogP contribution >= 0.6 is 11.6 Å². The minimum Gasteiger partial charge on any atom is -0.495 e. The first-order valence-electron chi connectivity index (χ1n) is 6.77. The third-order valence-corrected chi connectivity index (χ3v) is 3.43. The van der Waals surface area contributed by atoms with Gasteiger partial charge >= 0.3 is 0 Å². The van der Waals surface area contributed by atoms with Gasteiger partial charge in [-0.1, -0.05) is 41.4 Å². The molecule has 2 aromatic carbocycles. The molecule has 0 radical (unpaired) electrons. The monoisotopic (exact) mass is 303 g/mol. The van der Waals surface area contributed by atoms with Crippen LogP contribution in [0.2, 0.25) is 5.02 Å². The molecule has 0 unspecified atom stereocenters. The molecule has 1 amide bonds. The average molecular weight is 304 g/mol. The molecule has 0 heterocycles. The van der Waals surface area contributed by atoms with Gasteiger partial charge in [-0.05, 0) is 37.1 Å². The molecule has 21 heavy (non-hydrogen) atoms. The normalized spacial score (nSPS) is 10.2. The number of hydrogen-bond acceptors (Lipinski definition) is 2. The van der Waals surface area contributed by atoms with E-state index in [0.29, 0.717) is 29.3 Å². The van der Waals surface area contributed by atoms with Crippen molar-refractivity contribution in [1.29, 1.82) is 0 Å². The van der Waals surface area contributed by atoms with E-state index < -0.39 is 0 Å². The lowest BCUT2D eigenvalue weighted by molar-refractivity contribution is -0.116. The summed E-state index contributed by atoms with van der Waals surface area (Å²) in [7, 11) is 1.56. The minimum absolute atomic E-state index is 0.0591. The van der Waals surface area contributed by atoms with E-state index in [9.17, 15) is 4.79 Å². The molecule has 0 spiro atoms. The van der Waals surface area contributed by atoms with E-state index in [-0.39, 0.29) is 5.91 Å². The van der Waals surface area contributed by atoms with Crippen LogP contribution in [0.25, 0.3) is 0 Å². The summed E-state index contributed by atoms with van der Waals surface area (Å²) in [4.78, 5) is 12.0. The summed E-state index contributed by atoms with van der Waals surface area (Å²) >= 11 is 5.94. The molecule has 0 fully saturated rings. The number of benzene rings is 2. The molecule has 4 heteroatoms.